The van der Waals surface area contributed by atoms with E-state index in [-0.39, 0.29) is 10.6 Å². The Balaban J connectivity index is 2.11. The molecule has 1 saturated heterocycles. The van der Waals surface area contributed by atoms with Gasteiger partial charge in [-0.05, 0) is 38.1 Å². The van der Waals surface area contributed by atoms with E-state index in [1.807, 2.05) is 25.2 Å². The van der Waals surface area contributed by atoms with Gasteiger partial charge in [-0.2, -0.15) is 0 Å². The molecule has 21 heavy (non-hydrogen) atoms. The van der Waals surface area contributed by atoms with Gasteiger partial charge in [0.05, 0.1) is 4.92 Å². The van der Waals surface area contributed by atoms with Crippen molar-refractivity contribution in [1.82, 2.24) is 10.3 Å². The Bertz CT molecular complexity index is 674. The molecule has 110 valence electrons. The van der Waals surface area contributed by atoms with Gasteiger partial charge in [0.15, 0.2) is 0 Å². The molecular weight excluding hydrogens is 268 g/mol. The molecule has 0 amide bonds. The zero-order chi connectivity index (χ0) is 14.8. The maximum atomic E-state index is 11.2. The second-order valence-electron chi connectivity index (χ2n) is 5.31. The van der Waals surface area contributed by atoms with Gasteiger partial charge in [0.25, 0.3) is 5.69 Å². The van der Waals surface area contributed by atoms with E-state index >= 15 is 0 Å². The van der Waals surface area contributed by atoms with Gasteiger partial charge in [0.2, 0.25) is 0 Å². The smallest absolute Gasteiger partial charge is 0.295 e. The third-order valence-corrected chi connectivity index (χ3v) is 4.05. The van der Waals surface area contributed by atoms with Gasteiger partial charge in [-0.15, -0.1) is 0 Å². The standard InChI is InChI=1S/C15H18N4O2/c1-16-10-11-4-3-9-18(11)13-6-7-14(19(20)21)15-12(13)5-2-8-17-15/h2,5-8,11,16H,3-4,9-10H2,1H3. The fourth-order valence-corrected chi connectivity index (χ4v) is 3.14. The lowest BCUT2D eigenvalue weighted by Crippen LogP contribution is -2.36. The number of nitro groups is 1. The summed E-state index contributed by atoms with van der Waals surface area (Å²) < 4.78 is 0. The zero-order valence-corrected chi connectivity index (χ0v) is 12.0. The topological polar surface area (TPSA) is 71.3 Å². The first kappa shape index (κ1) is 13.8. The molecule has 2 aromatic rings. The monoisotopic (exact) mass is 286 g/mol. The van der Waals surface area contributed by atoms with E-state index in [0.717, 1.165) is 37.0 Å². The van der Waals surface area contributed by atoms with Gasteiger partial charge < -0.3 is 10.2 Å². The molecule has 0 aliphatic carbocycles. The molecule has 2 heterocycles. The third kappa shape index (κ3) is 2.42. The quantitative estimate of drug-likeness (QED) is 0.690. The highest BCUT2D eigenvalue weighted by atomic mass is 16.6. The molecule has 1 aromatic heterocycles. The summed E-state index contributed by atoms with van der Waals surface area (Å²) in [6, 6.07) is 7.60. The van der Waals surface area contributed by atoms with Crippen LogP contribution in [-0.2, 0) is 0 Å². The lowest BCUT2D eigenvalue weighted by Gasteiger charge is -2.27. The number of anilines is 1. The van der Waals surface area contributed by atoms with Gasteiger partial charge in [-0.3, -0.25) is 10.1 Å². The average molecular weight is 286 g/mol. The van der Waals surface area contributed by atoms with Crippen LogP contribution in [0.15, 0.2) is 30.5 Å². The zero-order valence-electron chi connectivity index (χ0n) is 12.0. The van der Waals surface area contributed by atoms with Gasteiger partial charge >= 0.3 is 0 Å². The molecule has 0 radical (unpaired) electrons. The summed E-state index contributed by atoms with van der Waals surface area (Å²) in [6.45, 7) is 1.90. The molecule has 1 aliphatic rings. The number of hydrogen-bond acceptors (Lipinski definition) is 5. The van der Waals surface area contributed by atoms with E-state index in [0.29, 0.717) is 11.6 Å². The van der Waals surface area contributed by atoms with Crippen LogP contribution in [0.2, 0.25) is 0 Å². The Morgan fingerprint density at radius 2 is 2.33 bits per heavy atom. The molecule has 1 aliphatic heterocycles. The Morgan fingerprint density at radius 1 is 1.48 bits per heavy atom. The van der Waals surface area contributed by atoms with E-state index in [1.54, 1.807) is 12.3 Å². The van der Waals surface area contributed by atoms with Gasteiger partial charge in [0.1, 0.15) is 5.52 Å². The van der Waals surface area contributed by atoms with Crippen molar-refractivity contribution in [2.24, 2.45) is 0 Å². The summed E-state index contributed by atoms with van der Waals surface area (Å²) in [7, 11) is 1.95. The summed E-state index contributed by atoms with van der Waals surface area (Å²) in [5, 5.41) is 15.2. The number of likely N-dealkylation sites (N-methyl/N-ethyl adjacent to an activating group) is 1. The molecule has 3 rings (SSSR count). The predicted molar refractivity (Wildman–Crippen MR) is 82.7 cm³/mol. The van der Waals surface area contributed by atoms with Crippen LogP contribution < -0.4 is 10.2 Å². The van der Waals surface area contributed by atoms with Crippen LogP contribution in [0.4, 0.5) is 11.4 Å². The highest BCUT2D eigenvalue weighted by Gasteiger charge is 2.27. The van der Waals surface area contributed by atoms with E-state index in [4.69, 9.17) is 0 Å². The number of non-ortho nitro benzene ring substituents is 1. The Kier molecular flexibility index (Phi) is 3.70. The van der Waals surface area contributed by atoms with Crippen molar-refractivity contribution in [1.29, 1.82) is 0 Å². The predicted octanol–water partition coefficient (Wildman–Crippen LogP) is 2.33. The highest BCUT2D eigenvalue weighted by molar-refractivity contribution is 5.97. The Morgan fingerprint density at radius 3 is 3.10 bits per heavy atom. The molecule has 1 aromatic carbocycles. The van der Waals surface area contributed by atoms with E-state index in [1.165, 1.54) is 0 Å². The third-order valence-electron chi connectivity index (χ3n) is 4.05. The molecule has 6 nitrogen and oxygen atoms in total. The van der Waals surface area contributed by atoms with Crippen molar-refractivity contribution in [3.05, 3.63) is 40.6 Å². The lowest BCUT2D eigenvalue weighted by molar-refractivity contribution is -0.383. The first-order chi connectivity index (χ1) is 10.2. The number of benzene rings is 1. The normalized spacial score (nSPS) is 18.3. The fraction of sp³-hybridized carbons (Fsp3) is 0.400. The summed E-state index contributed by atoms with van der Waals surface area (Å²) >= 11 is 0. The summed E-state index contributed by atoms with van der Waals surface area (Å²) in [4.78, 5) is 17.3. The number of pyridine rings is 1. The molecule has 1 unspecified atom stereocenters. The first-order valence-electron chi connectivity index (χ1n) is 7.15. The number of nitrogens with zero attached hydrogens (tertiary/aromatic N) is 3. The van der Waals surface area contributed by atoms with Crippen molar-refractivity contribution in [3.63, 3.8) is 0 Å². The largest absolute Gasteiger partial charge is 0.367 e. The number of aromatic nitrogens is 1. The second kappa shape index (κ2) is 5.65. The number of hydrogen-bond donors (Lipinski definition) is 1. The van der Waals surface area contributed by atoms with Crippen molar-refractivity contribution >= 4 is 22.3 Å². The maximum absolute atomic E-state index is 11.2. The average Bonchev–Trinajstić information content (AvgIpc) is 2.94. The lowest BCUT2D eigenvalue weighted by atomic mass is 10.1. The summed E-state index contributed by atoms with van der Waals surface area (Å²) in [6.07, 6.45) is 3.89. The van der Waals surface area contributed by atoms with Crippen LogP contribution in [-0.4, -0.2) is 36.1 Å². The van der Waals surface area contributed by atoms with Crippen molar-refractivity contribution < 1.29 is 4.92 Å². The number of fused-ring (bicyclic) bond motifs is 1. The van der Waals surface area contributed by atoms with Crippen molar-refractivity contribution in [3.8, 4) is 0 Å². The van der Waals surface area contributed by atoms with E-state index < -0.39 is 0 Å². The molecule has 0 spiro atoms. The molecule has 0 saturated carbocycles. The first-order valence-corrected chi connectivity index (χ1v) is 7.15. The second-order valence-corrected chi connectivity index (χ2v) is 5.31. The number of nitro benzene ring substituents is 1. The van der Waals surface area contributed by atoms with Crippen LogP contribution in [0.5, 0.6) is 0 Å². The highest BCUT2D eigenvalue weighted by Crippen LogP contribution is 2.35. The van der Waals surface area contributed by atoms with Crippen LogP contribution in [0.1, 0.15) is 12.8 Å². The van der Waals surface area contributed by atoms with Gasteiger partial charge in [-0.25, -0.2) is 4.98 Å². The van der Waals surface area contributed by atoms with Crippen LogP contribution in [0.3, 0.4) is 0 Å². The number of rotatable bonds is 4. The van der Waals surface area contributed by atoms with Crippen LogP contribution in [0.25, 0.3) is 10.9 Å². The molecule has 0 bridgehead atoms. The molecule has 6 heteroatoms. The Labute approximate surface area is 122 Å². The number of nitrogens with one attached hydrogen (secondary N) is 1. The maximum Gasteiger partial charge on any atom is 0.295 e. The summed E-state index contributed by atoms with van der Waals surface area (Å²) in [5.74, 6) is 0. The molecule has 1 atom stereocenters. The van der Waals surface area contributed by atoms with E-state index in [9.17, 15) is 10.1 Å². The van der Waals surface area contributed by atoms with Crippen molar-refractivity contribution in [2.75, 3.05) is 25.0 Å². The van der Waals surface area contributed by atoms with Gasteiger partial charge in [-0.1, -0.05) is 0 Å². The SMILES string of the molecule is CNCC1CCCN1c1ccc([N+](=O)[O-])c2ncccc12. The van der Waals surface area contributed by atoms with Crippen molar-refractivity contribution in [2.45, 2.75) is 18.9 Å². The van der Waals surface area contributed by atoms with Crippen LogP contribution >= 0.6 is 0 Å². The van der Waals surface area contributed by atoms with Gasteiger partial charge in [0, 0.05) is 42.5 Å². The van der Waals surface area contributed by atoms with Crippen LogP contribution in [0, 0.1) is 10.1 Å². The minimum absolute atomic E-state index is 0.0683. The molecule has 1 N–H and O–H groups in total. The Hall–Kier alpha value is -2.21. The van der Waals surface area contributed by atoms with E-state index in [2.05, 4.69) is 15.2 Å². The summed E-state index contributed by atoms with van der Waals surface area (Å²) in [5.41, 5.74) is 1.58. The minimum Gasteiger partial charge on any atom is -0.367 e. The minimum atomic E-state index is -0.367. The molecule has 1 fully saturated rings. The fourth-order valence-electron chi connectivity index (χ4n) is 3.14. The molecular formula is C15H18N4O2.